The summed E-state index contributed by atoms with van der Waals surface area (Å²) in [5.74, 6) is -0.214. The van der Waals surface area contributed by atoms with E-state index in [2.05, 4.69) is 9.84 Å². The van der Waals surface area contributed by atoms with Gasteiger partial charge in [0.2, 0.25) is 0 Å². The van der Waals surface area contributed by atoms with Gasteiger partial charge in [-0.05, 0) is 31.4 Å². The lowest BCUT2D eigenvalue weighted by Crippen LogP contribution is -2.36. The van der Waals surface area contributed by atoms with E-state index in [1.54, 1.807) is 24.7 Å². The lowest BCUT2D eigenvalue weighted by Gasteiger charge is -2.31. The maximum absolute atomic E-state index is 12.9. The highest BCUT2D eigenvalue weighted by Gasteiger charge is 2.29. The Balaban J connectivity index is 2.04. The number of fused-ring (bicyclic) bond motifs is 1. The predicted octanol–water partition coefficient (Wildman–Crippen LogP) is 2.92. The quantitative estimate of drug-likeness (QED) is 0.873. The lowest BCUT2D eigenvalue weighted by atomic mass is 10.00. The van der Waals surface area contributed by atoms with Crippen molar-refractivity contribution in [2.45, 2.75) is 26.4 Å². The topological polar surface area (TPSA) is 47.4 Å². The molecule has 7 heteroatoms. The number of nitrogens with zero attached hydrogens (tertiary/aromatic N) is 3. The van der Waals surface area contributed by atoms with Gasteiger partial charge in [-0.3, -0.25) is 9.48 Å². The molecular formula is C16H17F2N3O2. The van der Waals surface area contributed by atoms with Crippen molar-refractivity contribution < 1.29 is 18.3 Å². The number of anilines is 1. The molecule has 0 aliphatic carbocycles. The average molecular weight is 321 g/mol. The third-order valence-corrected chi connectivity index (χ3v) is 4.11. The maximum atomic E-state index is 12.9. The summed E-state index contributed by atoms with van der Waals surface area (Å²) in [6.07, 6.45) is 3.00. The summed E-state index contributed by atoms with van der Waals surface area (Å²) in [5, 5.41) is 4.08. The van der Waals surface area contributed by atoms with Gasteiger partial charge in [-0.25, -0.2) is 0 Å². The fourth-order valence-corrected chi connectivity index (χ4v) is 2.86. The first kappa shape index (κ1) is 15.5. The SMILES string of the molecule is Cc1c(C(=O)N2CCCc3cccc(OC(F)F)c32)cnn1C. The van der Waals surface area contributed by atoms with Crippen LogP contribution in [0.15, 0.2) is 24.4 Å². The number of carbonyl (C=O) groups is 1. The van der Waals surface area contributed by atoms with Gasteiger partial charge in [-0.1, -0.05) is 12.1 Å². The van der Waals surface area contributed by atoms with Gasteiger partial charge in [0.15, 0.2) is 0 Å². The molecule has 23 heavy (non-hydrogen) atoms. The third-order valence-electron chi connectivity index (χ3n) is 4.11. The molecule has 0 unspecified atom stereocenters. The number of aromatic nitrogens is 2. The molecule has 1 aliphatic heterocycles. The number of alkyl halides is 2. The Bertz CT molecular complexity index is 743. The van der Waals surface area contributed by atoms with Crippen LogP contribution in [-0.2, 0) is 13.5 Å². The van der Waals surface area contributed by atoms with Crippen LogP contribution < -0.4 is 9.64 Å². The summed E-state index contributed by atoms with van der Waals surface area (Å²) in [5.41, 5.74) is 2.47. The molecule has 2 heterocycles. The molecule has 122 valence electrons. The fraction of sp³-hybridized carbons (Fsp3) is 0.375. The number of benzene rings is 1. The van der Waals surface area contributed by atoms with E-state index in [1.165, 1.54) is 17.2 Å². The highest BCUT2D eigenvalue weighted by molar-refractivity contribution is 6.08. The normalized spacial score (nSPS) is 14.0. The highest BCUT2D eigenvalue weighted by atomic mass is 19.3. The number of ether oxygens (including phenoxy) is 1. The first-order valence-corrected chi connectivity index (χ1v) is 7.36. The monoisotopic (exact) mass is 321 g/mol. The molecule has 0 saturated heterocycles. The molecule has 0 fully saturated rings. The number of aryl methyl sites for hydroxylation is 2. The van der Waals surface area contributed by atoms with Crippen molar-refractivity contribution in [3.63, 3.8) is 0 Å². The van der Waals surface area contributed by atoms with Gasteiger partial charge in [-0.15, -0.1) is 0 Å². The number of carbonyl (C=O) groups excluding carboxylic acids is 1. The zero-order chi connectivity index (χ0) is 16.6. The second kappa shape index (κ2) is 5.98. The van der Waals surface area contributed by atoms with E-state index in [9.17, 15) is 13.6 Å². The molecule has 2 aromatic rings. The van der Waals surface area contributed by atoms with Gasteiger partial charge in [-0.2, -0.15) is 13.9 Å². The van der Waals surface area contributed by atoms with Crippen LogP contribution in [0.2, 0.25) is 0 Å². The zero-order valence-electron chi connectivity index (χ0n) is 12.9. The highest BCUT2D eigenvalue weighted by Crippen LogP contribution is 2.38. The van der Waals surface area contributed by atoms with E-state index >= 15 is 0 Å². The molecule has 5 nitrogen and oxygen atoms in total. The van der Waals surface area contributed by atoms with Crippen molar-refractivity contribution in [3.05, 3.63) is 41.2 Å². The Labute approximate surface area is 132 Å². The summed E-state index contributed by atoms with van der Waals surface area (Å²) >= 11 is 0. The molecule has 0 N–H and O–H groups in total. The molecule has 0 atom stereocenters. The minimum Gasteiger partial charge on any atom is -0.433 e. The minimum absolute atomic E-state index is 0.0343. The van der Waals surface area contributed by atoms with Crippen molar-refractivity contribution in [1.29, 1.82) is 0 Å². The molecule has 0 bridgehead atoms. The molecule has 1 aromatic heterocycles. The van der Waals surface area contributed by atoms with Crippen LogP contribution in [0.3, 0.4) is 0 Å². The van der Waals surface area contributed by atoms with Gasteiger partial charge in [0.1, 0.15) is 5.75 Å². The Kier molecular flexibility index (Phi) is 4.02. The Hall–Kier alpha value is -2.44. The molecule has 1 amide bonds. The second-order valence-corrected chi connectivity index (χ2v) is 5.47. The predicted molar refractivity (Wildman–Crippen MR) is 81.0 cm³/mol. The van der Waals surface area contributed by atoms with Gasteiger partial charge in [0.25, 0.3) is 5.91 Å². The van der Waals surface area contributed by atoms with E-state index < -0.39 is 6.61 Å². The summed E-state index contributed by atoms with van der Waals surface area (Å²) in [6, 6.07) is 4.97. The van der Waals surface area contributed by atoms with Crippen molar-refractivity contribution >= 4 is 11.6 Å². The number of rotatable bonds is 3. The standard InChI is InChI=1S/C16H17F2N3O2/c1-10-12(9-19-20(10)2)15(22)21-8-4-6-11-5-3-7-13(14(11)21)23-16(17)18/h3,5,7,9,16H,4,6,8H2,1-2H3. The molecule has 1 aromatic carbocycles. The molecule has 1 aliphatic rings. The van der Waals surface area contributed by atoms with Crippen molar-refractivity contribution in [2.75, 3.05) is 11.4 Å². The van der Waals surface area contributed by atoms with Gasteiger partial charge >= 0.3 is 6.61 Å². The van der Waals surface area contributed by atoms with Crippen molar-refractivity contribution in [1.82, 2.24) is 9.78 Å². The Morgan fingerprint density at radius 2 is 2.17 bits per heavy atom. The number of hydrogen-bond donors (Lipinski definition) is 0. The minimum atomic E-state index is -2.93. The average Bonchev–Trinajstić information content (AvgIpc) is 2.85. The summed E-state index contributed by atoms with van der Waals surface area (Å²) in [6.45, 7) is -0.670. The van der Waals surface area contributed by atoms with Crippen LogP contribution in [0.4, 0.5) is 14.5 Å². The third kappa shape index (κ3) is 2.78. The number of amides is 1. The van der Waals surface area contributed by atoms with Gasteiger partial charge in [0, 0.05) is 19.3 Å². The van der Waals surface area contributed by atoms with Gasteiger partial charge in [0.05, 0.1) is 17.4 Å². The van der Waals surface area contributed by atoms with Crippen molar-refractivity contribution in [2.24, 2.45) is 7.05 Å². The Morgan fingerprint density at radius 1 is 1.39 bits per heavy atom. The summed E-state index contributed by atoms with van der Waals surface area (Å²) in [7, 11) is 1.75. The van der Waals surface area contributed by atoms with E-state index in [4.69, 9.17) is 0 Å². The number of hydrogen-bond acceptors (Lipinski definition) is 3. The van der Waals surface area contributed by atoms with E-state index in [1.807, 2.05) is 6.07 Å². The first-order valence-electron chi connectivity index (χ1n) is 7.36. The van der Waals surface area contributed by atoms with Crippen molar-refractivity contribution in [3.8, 4) is 5.75 Å². The first-order chi connectivity index (χ1) is 11.0. The van der Waals surface area contributed by atoms with Gasteiger partial charge < -0.3 is 9.64 Å². The molecule has 3 rings (SSSR count). The summed E-state index contributed by atoms with van der Waals surface area (Å²) in [4.78, 5) is 14.4. The number of halogens is 2. The second-order valence-electron chi connectivity index (χ2n) is 5.47. The molecular weight excluding hydrogens is 304 g/mol. The van der Waals surface area contributed by atoms with E-state index in [-0.39, 0.29) is 11.7 Å². The van der Waals surface area contributed by atoms with Crippen LogP contribution in [0, 0.1) is 6.92 Å². The van der Waals surface area contributed by atoms with Crippen LogP contribution in [0.5, 0.6) is 5.75 Å². The molecule has 0 radical (unpaired) electrons. The smallest absolute Gasteiger partial charge is 0.387 e. The summed E-state index contributed by atoms with van der Waals surface area (Å²) < 4.78 is 31.6. The molecule has 0 spiro atoms. The van der Waals surface area contributed by atoms with Crippen LogP contribution in [0.1, 0.15) is 28.0 Å². The van der Waals surface area contributed by atoms with E-state index in [0.29, 0.717) is 17.8 Å². The van der Waals surface area contributed by atoms with Crippen LogP contribution >= 0.6 is 0 Å². The lowest BCUT2D eigenvalue weighted by molar-refractivity contribution is -0.0495. The maximum Gasteiger partial charge on any atom is 0.387 e. The molecule has 0 saturated carbocycles. The van der Waals surface area contributed by atoms with E-state index in [0.717, 1.165) is 24.1 Å². The largest absolute Gasteiger partial charge is 0.433 e. The zero-order valence-corrected chi connectivity index (χ0v) is 12.9. The van der Waals surface area contributed by atoms with Crippen LogP contribution in [-0.4, -0.2) is 28.8 Å². The Morgan fingerprint density at radius 3 is 2.83 bits per heavy atom. The fourth-order valence-electron chi connectivity index (χ4n) is 2.86. The number of para-hydroxylation sites is 1. The van der Waals surface area contributed by atoms with Crippen LogP contribution in [0.25, 0.3) is 0 Å².